The molecule has 0 bridgehead atoms. The van der Waals surface area contributed by atoms with E-state index in [1.54, 1.807) is 25.1 Å². The molecule has 0 unspecified atom stereocenters. The SMILES string of the molecule is Cc1ccccc1S(=O)(=O)Nc1ccc(Cl)cc1C(=O)O. The predicted octanol–water partition coefficient (Wildman–Crippen LogP) is 3.15. The maximum absolute atomic E-state index is 12.3. The minimum absolute atomic E-state index is 0.0323. The number of carboxylic acid groups (broad SMARTS) is 1. The Hall–Kier alpha value is -2.05. The van der Waals surface area contributed by atoms with Crippen LogP contribution >= 0.6 is 11.6 Å². The summed E-state index contributed by atoms with van der Waals surface area (Å²) < 4.78 is 27.0. The van der Waals surface area contributed by atoms with E-state index in [2.05, 4.69) is 4.72 Å². The molecule has 0 saturated heterocycles. The van der Waals surface area contributed by atoms with Crippen LogP contribution in [-0.4, -0.2) is 19.5 Å². The molecule has 2 aromatic rings. The summed E-state index contributed by atoms with van der Waals surface area (Å²) in [6, 6.07) is 10.4. The predicted molar refractivity (Wildman–Crippen MR) is 80.4 cm³/mol. The lowest BCUT2D eigenvalue weighted by Gasteiger charge is -2.12. The summed E-state index contributed by atoms with van der Waals surface area (Å²) in [5, 5.41) is 9.33. The second-order valence-corrected chi connectivity index (χ2v) is 6.45. The standard InChI is InChI=1S/C14H12ClNO4S/c1-9-4-2-3-5-13(9)21(19,20)16-12-7-6-10(15)8-11(12)14(17)18/h2-8,16H,1H3,(H,17,18). The number of sulfonamides is 1. The summed E-state index contributed by atoms with van der Waals surface area (Å²) in [5.41, 5.74) is 0.325. The van der Waals surface area contributed by atoms with Gasteiger partial charge in [-0.2, -0.15) is 0 Å². The molecule has 2 N–H and O–H groups in total. The van der Waals surface area contributed by atoms with Crippen LogP contribution in [0.4, 0.5) is 5.69 Å². The normalized spacial score (nSPS) is 11.1. The van der Waals surface area contributed by atoms with Crippen molar-refractivity contribution in [3.8, 4) is 0 Å². The smallest absolute Gasteiger partial charge is 0.337 e. The highest BCUT2D eigenvalue weighted by Gasteiger charge is 2.20. The topological polar surface area (TPSA) is 83.5 Å². The van der Waals surface area contributed by atoms with Gasteiger partial charge in [0.05, 0.1) is 16.1 Å². The van der Waals surface area contributed by atoms with E-state index in [4.69, 9.17) is 16.7 Å². The molecule has 5 nitrogen and oxygen atoms in total. The molecular formula is C14H12ClNO4S. The van der Waals surface area contributed by atoms with Crippen LogP contribution in [0, 0.1) is 6.92 Å². The largest absolute Gasteiger partial charge is 0.478 e. The zero-order valence-electron chi connectivity index (χ0n) is 11.0. The molecule has 0 amide bonds. The second kappa shape index (κ2) is 5.75. The minimum atomic E-state index is -3.87. The molecule has 7 heteroatoms. The third-order valence-corrected chi connectivity index (χ3v) is 4.60. The molecule has 0 atom stereocenters. The van der Waals surface area contributed by atoms with Crippen LogP contribution in [-0.2, 0) is 10.0 Å². The summed E-state index contributed by atoms with van der Waals surface area (Å²) in [6.45, 7) is 1.66. The van der Waals surface area contributed by atoms with Crippen molar-refractivity contribution >= 4 is 33.3 Å². The molecule has 0 radical (unpaired) electrons. The number of carbonyl (C=O) groups is 1. The number of carboxylic acids is 1. The average molecular weight is 326 g/mol. The van der Waals surface area contributed by atoms with Crippen LogP contribution in [0.5, 0.6) is 0 Å². The Balaban J connectivity index is 2.47. The monoisotopic (exact) mass is 325 g/mol. The van der Waals surface area contributed by atoms with Crippen molar-refractivity contribution < 1.29 is 18.3 Å². The first-order chi connectivity index (χ1) is 9.81. The molecule has 0 aliphatic rings. The fourth-order valence-electron chi connectivity index (χ4n) is 1.84. The Morgan fingerprint density at radius 3 is 2.48 bits per heavy atom. The van der Waals surface area contributed by atoms with E-state index < -0.39 is 16.0 Å². The zero-order valence-corrected chi connectivity index (χ0v) is 12.6. The van der Waals surface area contributed by atoms with E-state index >= 15 is 0 Å². The van der Waals surface area contributed by atoms with E-state index in [-0.39, 0.29) is 21.2 Å². The van der Waals surface area contributed by atoms with Crippen molar-refractivity contribution in [1.29, 1.82) is 0 Å². The molecule has 2 aromatic carbocycles. The average Bonchev–Trinajstić information content (AvgIpc) is 2.40. The van der Waals surface area contributed by atoms with Gasteiger partial charge in [-0.1, -0.05) is 29.8 Å². The van der Waals surface area contributed by atoms with Crippen LogP contribution in [0.25, 0.3) is 0 Å². The Kier molecular flexibility index (Phi) is 4.20. The first-order valence-electron chi connectivity index (χ1n) is 5.92. The molecule has 2 rings (SSSR count). The summed E-state index contributed by atoms with van der Waals surface area (Å²) in [6.07, 6.45) is 0. The zero-order chi connectivity index (χ0) is 15.6. The lowest BCUT2D eigenvalue weighted by molar-refractivity contribution is 0.0698. The van der Waals surface area contributed by atoms with Crippen molar-refractivity contribution in [2.75, 3.05) is 4.72 Å². The summed E-state index contributed by atoms with van der Waals surface area (Å²) in [7, 11) is -3.87. The third kappa shape index (κ3) is 3.34. The molecular weight excluding hydrogens is 314 g/mol. The Morgan fingerprint density at radius 1 is 1.19 bits per heavy atom. The van der Waals surface area contributed by atoms with E-state index in [9.17, 15) is 13.2 Å². The van der Waals surface area contributed by atoms with Crippen LogP contribution in [0.3, 0.4) is 0 Å². The number of nitrogens with one attached hydrogen (secondary N) is 1. The van der Waals surface area contributed by atoms with Crippen molar-refractivity contribution in [1.82, 2.24) is 0 Å². The van der Waals surface area contributed by atoms with E-state index in [1.165, 1.54) is 24.3 Å². The highest BCUT2D eigenvalue weighted by Crippen LogP contribution is 2.24. The van der Waals surface area contributed by atoms with Crippen molar-refractivity contribution in [3.05, 3.63) is 58.6 Å². The van der Waals surface area contributed by atoms with Crippen molar-refractivity contribution in [2.45, 2.75) is 11.8 Å². The summed E-state index contributed by atoms with van der Waals surface area (Å²) in [4.78, 5) is 11.3. The maximum atomic E-state index is 12.3. The number of hydrogen-bond donors (Lipinski definition) is 2. The number of rotatable bonds is 4. The molecule has 0 fully saturated rings. The van der Waals surface area contributed by atoms with Gasteiger partial charge in [-0.25, -0.2) is 13.2 Å². The molecule has 0 aliphatic carbocycles. The summed E-state index contributed by atoms with van der Waals surface area (Å²) >= 11 is 5.73. The van der Waals surface area contributed by atoms with Gasteiger partial charge in [0.2, 0.25) is 0 Å². The number of anilines is 1. The van der Waals surface area contributed by atoms with Gasteiger partial charge in [0.1, 0.15) is 0 Å². The maximum Gasteiger partial charge on any atom is 0.337 e. The Bertz CT molecular complexity index is 802. The van der Waals surface area contributed by atoms with Gasteiger partial charge in [0, 0.05) is 5.02 Å². The van der Waals surface area contributed by atoms with Crippen molar-refractivity contribution in [2.24, 2.45) is 0 Å². The Morgan fingerprint density at radius 2 is 1.86 bits per heavy atom. The highest BCUT2D eigenvalue weighted by molar-refractivity contribution is 7.92. The lowest BCUT2D eigenvalue weighted by atomic mass is 10.2. The van der Waals surface area contributed by atoms with E-state index in [1.807, 2.05) is 0 Å². The minimum Gasteiger partial charge on any atom is -0.478 e. The second-order valence-electron chi connectivity index (χ2n) is 4.37. The van der Waals surface area contributed by atoms with Crippen LogP contribution in [0.2, 0.25) is 5.02 Å². The number of aryl methyl sites for hydroxylation is 1. The molecule has 0 heterocycles. The Labute approximate surface area is 127 Å². The van der Waals surface area contributed by atoms with Gasteiger partial charge in [0.15, 0.2) is 0 Å². The van der Waals surface area contributed by atoms with Gasteiger partial charge in [0.25, 0.3) is 10.0 Å². The van der Waals surface area contributed by atoms with Crippen LogP contribution in [0.1, 0.15) is 15.9 Å². The first kappa shape index (κ1) is 15.3. The fraction of sp³-hybridized carbons (Fsp3) is 0.0714. The quantitative estimate of drug-likeness (QED) is 0.904. The number of hydrogen-bond acceptors (Lipinski definition) is 3. The van der Waals surface area contributed by atoms with Gasteiger partial charge >= 0.3 is 5.97 Å². The summed E-state index contributed by atoms with van der Waals surface area (Å²) in [5.74, 6) is -1.26. The van der Waals surface area contributed by atoms with E-state index in [0.29, 0.717) is 5.56 Å². The van der Waals surface area contributed by atoms with Gasteiger partial charge in [-0.05, 0) is 36.8 Å². The van der Waals surface area contributed by atoms with Crippen LogP contribution in [0.15, 0.2) is 47.4 Å². The molecule has 0 saturated carbocycles. The number of halogens is 1. The molecule has 0 spiro atoms. The van der Waals surface area contributed by atoms with Gasteiger partial charge < -0.3 is 5.11 Å². The van der Waals surface area contributed by atoms with Gasteiger partial charge in [-0.3, -0.25) is 4.72 Å². The van der Waals surface area contributed by atoms with E-state index in [0.717, 1.165) is 0 Å². The van der Waals surface area contributed by atoms with Crippen LogP contribution < -0.4 is 4.72 Å². The fourth-order valence-corrected chi connectivity index (χ4v) is 3.34. The van der Waals surface area contributed by atoms with Crippen molar-refractivity contribution in [3.63, 3.8) is 0 Å². The number of aromatic carboxylic acids is 1. The lowest BCUT2D eigenvalue weighted by Crippen LogP contribution is -2.16. The molecule has 0 aromatic heterocycles. The number of benzene rings is 2. The van der Waals surface area contributed by atoms with Gasteiger partial charge in [-0.15, -0.1) is 0 Å². The highest BCUT2D eigenvalue weighted by atomic mass is 35.5. The first-order valence-corrected chi connectivity index (χ1v) is 7.78. The molecule has 0 aliphatic heterocycles. The molecule has 21 heavy (non-hydrogen) atoms. The third-order valence-electron chi connectivity index (χ3n) is 2.84. The molecule has 110 valence electrons.